The van der Waals surface area contributed by atoms with Crippen LogP contribution in [0.2, 0.25) is 0 Å². The molecular formula is C34H34FN5O6S. The lowest BCUT2D eigenvalue weighted by atomic mass is 10.0. The van der Waals surface area contributed by atoms with Gasteiger partial charge in [0.1, 0.15) is 46.2 Å². The molecule has 3 aromatic carbocycles. The standard InChI is InChI=1S/C34H34FN5O6S/c1-18(2)30-34(45)37-19(3)31(42)39-26(33(44)36-16-29-38-27(17-47-29)21-6-8-22(35)9-7-21)14-20-4-10-23(11-5-20)46-24-12-13-28(41)25(15-24)32(43)40-30/h4-13,15,17-19,26,30,41H,14,16H2,1-3H3,(H,36,44)(H,37,45)(H,39,42)(H,40,43)/t19-,26-,30-/m0/s1. The van der Waals surface area contributed by atoms with Crippen molar-refractivity contribution in [2.75, 3.05) is 0 Å². The predicted octanol–water partition coefficient (Wildman–Crippen LogP) is 4.06. The van der Waals surface area contributed by atoms with Crippen LogP contribution >= 0.6 is 11.3 Å². The summed E-state index contributed by atoms with van der Waals surface area (Å²) in [6, 6.07) is 13.9. The maximum atomic E-state index is 13.5. The molecule has 5 N–H and O–H groups in total. The molecule has 6 rings (SSSR count). The van der Waals surface area contributed by atoms with Crippen molar-refractivity contribution in [3.05, 3.63) is 94.1 Å². The first kappa shape index (κ1) is 33.1. The maximum absolute atomic E-state index is 13.5. The quantitative estimate of drug-likeness (QED) is 0.202. The van der Waals surface area contributed by atoms with E-state index in [2.05, 4.69) is 26.3 Å². The highest BCUT2D eigenvalue weighted by atomic mass is 32.1. The summed E-state index contributed by atoms with van der Waals surface area (Å²) >= 11 is 1.33. The Labute approximate surface area is 274 Å². The van der Waals surface area contributed by atoms with Crippen molar-refractivity contribution in [1.29, 1.82) is 0 Å². The first-order valence-electron chi connectivity index (χ1n) is 15.0. The van der Waals surface area contributed by atoms with Crippen molar-refractivity contribution in [2.24, 2.45) is 5.92 Å². The molecule has 4 amide bonds. The number of benzene rings is 3. The number of phenols is 1. The van der Waals surface area contributed by atoms with Gasteiger partial charge in [-0.2, -0.15) is 0 Å². The van der Waals surface area contributed by atoms with Gasteiger partial charge < -0.3 is 31.1 Å². The van der Waals surface area contributed by atoms with E-state index in [1.165, 1.54) is 48.6 Å². The molecule has 0 spiro atoms. The average molecular weight is 660 g/mol. The molecule has 0 saturated carbocycles. The molecule has 47 heavy (non-hydrogen) atoms. The number of rotatable bonds is 5. The Morgan fingerprint density at radius 1 is 1.00 bits per heavy atom. The maximum Gasteiger partial charge on any atom is 0.255 e. The van der Waals surface area contributed by atoms with E-state index < -0.39 is 41.8 Å². The molecule has 11 nitrogen and oxygen atoms in total. The molecule has 13 heteroatoms. The van der Waals surface area contributed by atoms with E-state index in [9.17, 15) is 28.7 Å². The molecule has 0 aliphatic carbocycles. The van der Waals surface area contributed by atoms with Crippen molar-refractivity contribution >= 4 is 35.0 Å². The number of fused-ring (bicyclic) bond motifs is 11. The van der Waals surface area contributed by atoms with Crippen LogP contribution in [-0.4, -0.2) is 51.8 Å². The van der Waals surface area contributed by atoms with E-state index in [1.54, 1.807) is 50.2 Å². The molecule has 0 saturated heterocycles. The highest BCUT2D eigenvalue weighted by Crippen LogP contribution is 2.28. The number of halogens is 1. The molecule has 4 aromatic rings. The summed E-state index contributed by atoms with van der Waals surface area (Å²) < 4.78 is 19.2. The highest BCUT2D eigenvalue weighted by Gasteiger charge is 2.30. The second-order valence-corrected chi connectivity index (χ2v) is 12.4. The molecule has 244 valence electrons. The molecule has 3 atom stereocenters. The zero-order valence-electron chi connectivity index (χ0n) is 25.9. The highest BCUT2D eigenvalue weighted by molar-refractivity contribution is 7.09. The van der Waals surface area contributed by atoms with Crippen LogP contribution in [0, 0.1) is 11.7 Å². The molecular weight excluding hydrogens is 625 g/mol. The van der Waals surface area contributed by atoms with Gasteiger partial charge in [-0.3, -0.25) is 19.2 Å². The van der Waals surface area contributed by atoms with Crippen molar-refractivity contribution in [3.8, 4) is 28.5 Å². The normalized spacial score (nSPS) is 18.7. The van der Waals surface area contributed by atoms with E-state index in [-0.39, 0.29) is 41.8 Å². The van der Waals surface area contributed by atoms with Crippen molar-refractivity contribution < 1.29 is 33.4 Å². The van der Waals surface area contributed by atoms with Crippen LogP contribution in [0.4, 0.5) is 4.39 Å². The number of carbonyl (C=O) groups excluding carboxylic acids is 4. The van der Waals surface area contributed by atoms with Gasteiger partial charge in [0.25, 0.3) is 5.91 Å². The topological polar surface area (TPSA) is 159 Å². The third kappa shape index (κ3) is 8.30. The van der Waals surface area contributed by atoms with Gasteiger partial charge in [-0.15, -0.1) is 11.3 Å². The van der Waals surface area contributed by atoms with Crippen molar-refractivity contribution in [2.45, 2.75) is 51.9 Å². The van der Waals surface area contributed by atoms with E-state index in [1.807, 2.05) is 5.38 Å². The second kappa shape index (κ2) is 14.4. The Morgan fingerprint density at radius 3 is 2.40 bits per heavy atom. The zero-order valence-corrected chi connectivity index (χ0v) is 26.7. The lowest BCUT2D eigenvalue weighted by Gasteiger charge is -2.25. The minimum absolute atomic E-state index is 0.0808. The summed E-state index contributed by atoms with van der Waals surface area (Å²) in [6.45, 7) is 5.04. The number of hydrogen-bond donors (Lipinski definition) is 5. The molecule has 0 unspecified atom stereocenters. The fraction of sp³-hybridized carbons (Fsp3) is 0.265. The van der Waals surface area contributed by atoms with Gasteiger partial charge in [-0.05, 0) is 73.0 Å². The summed E-state index contributed by atoms with van der Waals surface area (Å²) in [5, 5.41) is 23.6. The third-order valence-corrected chi connectivity index (χ3v) is 8.39. The number of hydrogen-bond acceptors (Lipinski definition) is 8. The molecule has 0 radical (unpaired) electrons. The summed E-state index contributed by atoms with van der Waals surface area (Å²) in [6.07, 6.45) is 0.130. The lowest BCUT2D eigenvalue weighted by molar-refractivity contribution is -0.132. The number of aromatic hydroxyl groups is 1. The molecule has 3 heterocycles. The number of thiazole rings is 1. The fourth-order valence-electron chi connectivity index (χ4n) is 4.89. The summed E-state index contributed by atoms with van der Waals surface area (Å²) in [5.74, 6) is -2.66. The number of nitrogens with one attached hydrogen (secondary N) is 4. The largest absolute Gasteiger partial charge is 0.507 e. The van der Waals surface area contributed by atoms with Gasteiger partial charge in [-0.1, -0.05) is 26.0 Å². The van der Waals surface area contributed by atoms with Crippen LogP contribution in [0.1, 0.15) is 41.7 Å². The van der Waals surface area contributed by atoms with Crippen LogP contribution < -0.4 is 26.0 Å². The van der Waals surface area contributed by atoms with E-state index >= 15 is 0 Å². The summed E-state index contributed by atoms with van der Waals surface area (Å²) in [7, 11) is 0. The summed E-state index contributed by atoms with van der Waals surface area (Å²) in [5.41, 5.74) is 2.02. The molecule has 2 aliphatic rings. The van der Waals surface area contributed by atoms with Crippen LogP contribution in [0.3, 0.4) is 0 Å². The van der Waals surface area contributed by atoms with Crippen LogP contribution in [0.25, 0.3) is 11.3 Å². The van der Waals surface area contributed by atoms with E-state index in [0.29, 0.717) is 22.0 Å². The first-order valence-corrected chi connectivity index (χ1v) is 15.8. The predicted molar refractivity (Wildman–Crippen MR) is 173 cm³/mol. The lowest BCUT2D eigenvalue weighted by Crippen LogP contribution is -2.57. The molecule has 0 fully saturated rings. The van der Waals surface area contributed by atoms with E-state index in [0.717, 1.165) is 5.56 Å². The molecule has 2 aliphatic heterocycles. The molecule has 4 bridgehead atoms. The molecule has 1 aromatic heterocycles. The monoisotopic (exact) mass is 659 g/mol. The van der Waals surface area contributed by atoms with Gasteiger partial charge in [0.15, 0.2) is 0 Å². The van der Waals surface area contributed by atoms with Crippen molar-refractivity contribution in [3.63, 3.8) is 0 Å². The summed E-state index contributed by atoms with van der Waals surface area (Å²) in [4.78, 5) is 57.7. The average Bonchev–Trinajstić information content (AvgIpc) is 3.52. The Morgan fingerprint density at radius 2 is 1.70 bits per heavy atom. The van der Waals surface area contributed by atoms with Gasteiger partial charge >= 0.3 is 0 Å². The fourth-order valence-corrected chi connectivity index (χ4v) is 5.63. The second-order valence-electron chi connectivity index (χ2n) is 11.5. The van der Waals surface area contributed by atoms with Gasteiger partial charge in [0.2, 0.25) is 17.7 Å². The Hall–Kier alpha value is -5.30. The minimum Gasteiger partial charge on any atom is -0.507 e. The number of carbonyl (C=O) groups is 4. The van der Waals surface area contributed by atoms with Crippen LogP contribution in [0.15, 0.2) is 72.1 Å². The third-order valence-electron chi connectivity index (χ3n) is 7.54. The van der Waals surface area contributed by atoms with Gasteiger partial charge in [-0.25, -0.2) is 9.37 Å². The van der Waals surface area contributed by atoms with E-state index in [4.69, 9.17) is 4.74 Å². The first-order chi connectivity index (χ1) is 22.5. The van der Waals surface area contributed by atoms with Gasteiger partial charge in [0, 0.05) is 17.4 Å². The number of amides is 4. The smallest absolute Gasteiger partial charge is 0.255 e. The van der Waals surface area contributed by atoms with Crippen LogP contribution in [0.5, 0.6) is 17.2 Å². The zero-order chi connectivity index (χ0) is 33.7. The Balaban J connectivity index is 1.38. The minimum atomic E-state index is -1.06. The SMILES string of the molecule is CC(C)[C@@H]1NC(=O)c2cc(ccc2O)Oc2ccc(cc2)C[C@@H](C(=O)NCc2nc(-c3ccc(F)cc3)cs2)NC(=O)[C@H](C)NC1=O. The number of aromatic nitrogens is 1. The number of phenolic OH excluding ortho intramolecular Hbond substituents is 1. The van der Waals surface area contributed by atoms with Crippen LogP contribution in [-0.2, 0) is 27.3 Å². The van der Waals surface area contributed by atoms with Crippen molar-refractivity contribution in [1.82, 2.24) is 26.3 Å². The number of ether oxygens (including phenoxy) is 1. The Bertz CT molecular complexity index is 1780. The Kier molecular flexibility index (Phi) is 10.1. The number of nitrogens with zero attached hydrogens (tertiary/aromatic N) is 1. The van der Waals surface area contributed by atoms with Gasteiger partial charge in [0.05, 0.1) is 17.8 Å².